The van der Waals surface area contributed by atoms with Crippen molar-refractivity contribution in [2.45, 2.75) is 12.5 Å². The quantitative estimate of drug-likeness (QED) is 0.882. The number of nitrogens with one attached hydrogen (secondary N) is 1. The normalized spacial score (nSPS) is 24.9. The fraction of sp³-hybridized carbons (Fsp3) is 0.500. The third-order valence-electron chi connectivity index (χ3n) is 3.95. The molecule has 0 bridgehead atoms. The number of anilines is 2. The molecule has 6 heteroatoms. The summed E-state index contributed by atoms with van der Waals surface area (Å²) in [6, 6.07) is 3.76. The first kappa shape index (κ1) is 13.9. The van der Waals surface area contributed by atoms with Crippen LogP contribution in [-0.2, 0) is 9.53 Å². The number of hydrogen-bond acceptors (Lipinski definition) is 4. The van der Waals surface area contributed by atoms with Gasteiger partial charge in [0.2, 0.25) is 0 Å². The largest absolute Gasteiger partial charge is 0.384 e. The van der Waals surface area contributed by atoms with Gasteiger partial charge in [-0.05, 0) is 34.5 Å². The van der Waals surface area contributed by atoms with Gasteiger partial charge in [-0.3, -0.25) is 4.79 Å². The average Bonchev–Trinajstić information content (AvgIpc) is 2.97. The molecule has 108 valence electrons. The van der Waals surface area contributed by atoms with E-state index in [4.69, 9.17) is 4.74 Å². The van der Waals surface area contributed by atoms with Crippen molar-refractivity contribution in [3.63, 3.8) is 0 Å². The molecule has 3 rings (SSSR count). The molecular formula is C14H17BrN2O3. The number of benzene rings is 1. The van der Waals surface area contributed by atoms with E-state index in [1.54, 1.807) is 7.11 Å². The smallest absolute Gasteiger partial charge is 0.257 e. The molecule has 2 aliphatic heterocycles. The number of carbonyl (C=O) groups excluding carboxylic acids is 1. The summed E-state index contributed by atoms with van der Waals surface area (Å²) < 4.78 is 6.12. The van der Waals surface area contributed by atoms with Crippen molar-refractivity contribution in [2.24, 2.45) is 5.92 Å². The van der Waals surface area contributed by atoms with Gasteiger partial charge in [-0.15, -0.1) is 0 Å². The van der Waals surface area contributed by atoms with E-state index in [9.17, 15) is 9.90 Å². The lowest BCUT2D eigenvalue weighted by molar-refractivity contribution is -0.123. The van der Waals surface area contributed by atoms with Gasteiger partial charge >= 0.3 is 0 Å². The Hall–Kier alpha value is -1.11. The zero-order chi connectivity index (χ0) is 14.3. The van der Waals surface area contributed by atoms with Crippen LogP contribution in [0.2, 0.25) is 0 Å². The number of aliphatic hydroxyl groups is 1. The Bertz CT molecular complexity index is 549. The van der Waals surface area contributed by atoms with Gasteiger partial charge in [0, 0.05) is 41.8 Å². The summed E-state index contributed by atoms with van der Waals surface area (Å²) in [4.78, 5) is 13.8. The second-order valence-corrected chi connectivity index (χ2v) is 6.19. The molecule has 0 radical (unpaired) electrons. The molecule has 1 aromatic rings. The van der Waals surface area contributed by atoms with Crippen LogP contribution in [0.15, 0.2) is 16.6 Å². The predicted molar refractivity (Wildman–Crippen MR) is 79.9 cm³/mol. The Morgan fingerprint density at radius 1 is 1.55 bits per heavy atom. The third kappa shape index (κ3) is 2.32. The number of aliphatic hydroxyl groups excluding tert-OH is 1. The summed E-state index contributed by atoms with van der Waals surface area (Å²) in [5, 5.41) is 12.5. The standard InChI is InChI=1S/C14H17BrN2O3/c1-20-7-8-2-3-17(6-8)12-5-11-9(4-10(12)15)13(18)14(19)16-11/h4-5,8,13,18H,2-3,6-7H2,1H3,(H,16,19). The molecule has 5 nitrogen and oxygen atoms in total. The van der Waals surface area contributed by atoms with E-state index in [1.807, 2.05) is 12.1 Å². The monoisotopic (exact) mass is 340 g/mol. The van der Waals surface area contributed by atoms with Crippen LogP contribution >= 0.6 is 15.9 Å². The van der Waals surface area contributed by atoms with Gasteiger partial charge in [0.1, 0.15) is 0 Å². The van der Waals surface area contributed by atoms with E-state index < -0.39 is 6.10 Å². The molecule has 2 heterocycles. The Kier molecular flexibility index (Phi) is 3.70. The van der Waals surface area contributed by atoms with Crippen molar-refractivity contribution in [2.75, 3.05) is 37.0 Å². The minimum absolute atomic E-state index is 0.359. The first-order valence-corrected chi connectivity index (χ1v) is 7.45. The van der Waals surface area contributed by atoms with Crippen LogP contribution in [0.25, 0.3) is 0 Å². The zero-order valence-electron chi connectivity index (χ0n) is 11.2. The number of fused-ring (bicyclic) bond motifs is 1. The molecule has 1 amide bonds. The molecule has 0 aliphatic carbocycles. The van der Waals surface area contributed by atoms with Crippen molar-refractivity contribution in [3.8, 4) is 0 Å². The number of halogens is 1. The van der Waals surface area contributed by atoms with Crippen molar-refractivity contribution < 1.29 is 14.6 Å². The second-order valence-electron chi connectivity index (χ2n) is 5.34. The lowest BCUT2D eigenvalue weighted by Crippen LogP contribution is -2.21. The number of nitrogens with zero attached hydrogens (tertiary/aromatic N) is 1. The number of methoxy groups -OCH3 is 1. The Morgan fingerprint density at radius 2 is 2.35 bits per heavy atom. The predicted octanol–water partition coefficient (Wildman–Crippen LogP) is 1.91. The van der Waals surface area contributed by atoms with Crippen LogP contribution in [0.5, 0.6) is 0 Å². The minimum atomic E-state index is -1.06. The molecule has 0 spiro atoms. The molecule has 2 atom stereocenters. The third-order valence-corrected chi connectivity index (χ3v) is 4.58. The lowest BCUT2D eigenvalue weighted by Gasteiger charge is -2.21. The molecule has 20 heavy (non-hydrogen) atoms. The maximum atomic E-state index is 11.5. The van der Waals surface area contributed by atoms with Gasteiger partial charge in [0.05, 0.1) is 12.3 Å². The van der Waals surface area contributed by atoms with E-state index in [0.29, 0.717) is 17.2 Å². The highest BCUT2D eigenvalue weighted by molar-refractivity contribution is 9.10. The van der Waals surface area contributed by atoms with Gasteiger partial charge < -0.3 is 20.1 Å². The van der Waals surface area contributed by atoms with Crippen molar-refractivity contribution in [3.05, 3.63) is 22.2 Å². The number of ether oxygens (including phenoxy) is 1. The highest BCUT2D eigenvalue weighted by Gasteiger charge is 2.31. The lowest BCUT2D eigenvalue weighted by atomic mass is 10.1. The Morgan fingerprint density at radius 3 is 3.10 bits per heavy atom. The Labute approximate surface area is 126 Å². The maximum absolute atomic E-state index is 11.5. The molecule has 2 N–H and O–H groups in total. The number of amides is 1. The Balaban J connectivity index is 1.86. The van der Waals surface area contributed by atoms with Gasteiger partial charge in [0.25, 0.3) is 5.91 Å². The number of hydrogen-bond donors (Lipinski definition) is 2. The van der Waals surface area contributed by atoms with Crippen LogP contribution in [0.4, 0.5) is 11.4 Å². The van der Waals surface area contributed by atoms with Crippen LogP contribution in [0.3, 0.4) is 0 Å². The van der Waals surface area contributed by atoms with Gasteiger partial charge in [-0.25, -0.2) is 0 Å². The summed E-state index contributed by atoms with van der Waals surface area (Å²) in [5.74, 6) is 0.183. The van der Waals surface area contributed by atoms with Gasteiger partial charge in [0.15, 0.2) is 6.10 Å². The SMILES string of the molecule is COCC1CCN(c2cc3c(cc2Br)C(O)C(=O)N3)C1. The minimum Gasteiger partial charge on any atom is -0.384 e. The molecule has 0 saturated carbocycles. The molecule has 0 aromatic heterocycles. The molecule has 2 unspecified atom stereocenters. The fourth-order valence-electron chi connectivity index (χ4n) is 2.92. The van der Waals surface area contributed by atoms with E-state index in [2.05, 4.69) is 26.1 Å². The van der Waals surface area contributed by atoms with Crippen molar-refractivity contribution in [1.29, 1.82) is 0 Å². The topological polar surface area (TPSA) is 61.8 Å². The highest BCUT2D eigenvalue weighted by Crippen LogP contribution is 2.40. The van der Waals surface area contributed by atoms with Crippen LogP contribution < -0.4 is 10.2 Å². The second kappa shape index (κ2) is 5.35. The zero-order valence-corrected chi connectivity index (χ0v) is 12.8. The highest BCUT2D eigenvalue weighted by atomic mass is 79.9. The van der Waals surface area contributed by atoms with Crippen LogP contribution in [-0.4, -0.2) is 37.8 Å². The van der Waals surface area contributed by atoms with Crippen LogP contribution in [0, 0.1) is 5.92 Å². The number of carbonyl (C=O) groups is 1. The molecule has 1 fully saturated rings. The van der Waals surface area contributed by atoms with Gasteiger partial charge in [-0.1, -0.05) is 0 Å². The average molecular weight is 341 g/mol. The summed E-state index contributed by atoms with van der Waals surface area (Å²) in [6.07, 6.45) is 0.0435. The van der Waals surface area contributed by atoms with E-state index in [-0.39, 0.29) is 5.91 Å². The molecule has 1 saturated heterocycles. The molecule has 1 aromatic carbocycles. The molecule has 2 aliphatic rings. The maximum Gasteiger partial charge on any atom is 0.257 e. The summed E-state index contributed by atoms with van der Waals surface area (Å²) in [5.41, 5.74) is 2.39. The summed E-state index contributed by atoms with van der Waals surface area (Å²) >= 11 is 3.54. The first-order valence-electron chi connectivity index (χ1n) is 6.66. The van der Waals surface area contributed by atoms with Crippen molar-refractivity contribution >= 4 is 33.2 Å². The fourth-order valence-corrected chi connectivity index (χ4v) is 3.53. The van der Waals surface area contributed by atoms with Crippen LogP contribution in [0.1, 0.15) is 18.1 Å². The number of rotatable bonds is 3. The van der Waals surface area contributed by atoms with E-state index >= 15 is 0 Å². The summed E-state index contributed by atoms with van der Waals surface area (Å²) in [6.45, 7) is 2.69. The summed E-state index contributed by atoms with van der Waals surface area (Å²) in [7, 11) is 1.73. The van der Waals surface area contributed by atoms with Crippen molar-refractivity contribution in [1.82, 2.24) is 0 Å². The van der Waals surface area contributed by atoms with E-state index in [0.717, 1.165) is 36.3 Å². The molecular weight excluding hydrogens is 324 g/mol. The van der Waals surface area contributed by atoms with Gasteiger partial charge in [-0.2, -0.15) is 0 Å². The van der Waals surface area contributed by atoms with E-state index in [1.165, 1.54) is 0 Å². The first-order chi connectivity index (χ1) is 9.60.